The second kappa shape index (κ2) is 5.40. The minimum atomic E-state index is -3.93. The minimum Gasteiger partial charge on any atom is -0.290 e. The summed E-state index contributed by atoms with van der Waals surface area (Å²) >= 11 is 0. The molecule has 102 valence electrons. The fourth-order valence-electron chi connectivity index (χ4n) is 1.70. The standard InChI is InChI=1S/C12H15N3O3S/c1-2-3-9-15-12(16)13-11(14-19(15,17)18)10-7-5-4-6-8-10/h4-8H,2-3,9H2,1H3,(H,13,14,16). The van der Waals surface area contributed by atoms with Crippen molar-refractivity contribution in [2.75, 3.05) is 6.54 Å². The highest BCUT2D eigenvalue weighted by Gasteiger charge is 2.32. The number of benzene rings is 1. The topological polar surface area (TPSA) is 78.8 Å². The molecule has 7 heteroatoms. The van der Waals surface area contributed by atoms with E-state index in [1.807, 2.05) is 6.92 Å². The Bertz CT molecular complexity index is 596. The van der Waals surface area contributed by atoms with Crippen molar-refractivity contribution in [2.24, 2.45) is 4.40 Å². The van der Waals surface area contributed by atoms with Crippen molar-refractivity contribution in [3.63, 3.8) is 0 Å². The molecule has 6 nitrogen and oxygen atoms in total. The van der Waals surface area contributed by atoms with Gasteiger partial charge in [0, 0.05) is 12.1 Å². The van der Waals surface area contributed by atoms with Crippen LogP contribution in [0.5, 0.6) is 0 Å². The molecule has 0 aromatic heterocycles. The van der Waals surface area contributed by atoms with Crippen LogP contribution in [0.1, 0.15) is 25.3 Å². The quantitative estimate of drug-likeness (QED) is 0.908. The Morgan fingerprint density at radius 2 is 1.95 bits per heavy atom. The first-order chi connectivity index (χ1) is 9.04. The summed E-state index contributed by atoms with van der Waals surface area (Å²) in [5.74, 6) is 0.0679. The average molecular weight is 281 g/mol. The molecule has 0 saturated carbocycles. The van der Waals surface area contributed by atoms with Crippen molar-refractivity contribution in [3.8, 4) is 0 Å². The van der Waals surface area contributed by atoms with Crippen molar-refractivity contribution >= 4 is 22.1 Å². The molecule has 2 rings (SSSR count). The zero-order valence-corrected chi connectivity index (χ0v) is 11.4. The molecule has 2 amide bonds. The highest BCUT2D eigenvalue weighted by molar-refractivity contribution is 7.88. The van der Waals surface area contributed by atoms with Crippen LogP contribution in [0.25, 0.3) is 0 Å². The van der Waals surface area contributed by atoms with Gasteiger partial charge in [-0.1, -0.05) is 43.7 Å². The zero-order chi connectivity index (χ0) is 13.9. The van der Waals surface area contributed by atoms with Gasteiger partial charge >= 0.3 is 16.2 Å². The van der Waals surface area contributed by atoms with E-state index in [1.165, 1.54) is 0 Å². The van der Waals surface area contributed by atoms with Crippen LogP contribution in [-0.4, -0.2) is 31.1 Å². The Morgan fingerprint density at radius 3 is 2.53 bits per heavy atom. The molecule has 1 N–H and O–H groups in total. The summed E-state index contributed by atoms with van der Waals surface area (Å²) in [5.41, 5.74) is 0.564. The highest BCUT2D eigenvalue weighted by Crippen LogP contribution is 2.13. The molecule has 0 spiro atoms. The van der Waals surface area contributed by atoms with Crippen LogP contribution in [0.2, 0.25) is 0 Å². The van der Waals surface area contributed by atoms with Gasteiger partial charge in [0.1, 0.15) is 0 Å². The van der Waals surface area contributed by atoms with Gasteiger partial charge in [-0.3, -0.25) is 5.32 Å². The molecular weight excluding hydrogens is 266 g/mol. The number of nitrogens with one attached hydrogen (secondary N) is 1. The SMILES string of the molecule is CCCCN1C(=O)NC(c2ccccc2)=NS1(=O)=O. The highest BCUT2D eigenvalue weighted by atomic mass is 32.2. The van der Waals surface area contributed by atoms with E-state index in [4.69, 9.17) is 0 Å². The molecule has 0 unspecified atom stereocenters. The number of carbonyl (C=O) groups is 1. The summed E-state index contributed by atoms with van der Waals surface area (Å²) in [4.78, 5) is 11.9. The van der Waals surface area contributed by atoms with E-state index in [9.17, 15) is 13.2 Å². The summed E-state index contributed by atoms with van der Waals surface area (Å²) in [6.45, 7) is 2.07. The number of unbranched alkanes of at least 4 members (excludes halogenated alkanes) is 1. The number of hydrogen-bond acceptors (Lipinski definition) is 3. The van der Waals surface area contributed by atoms with Gasteiger partial charge in [-0.2, -0.15) is 8.42 Å². The van der Waals surface area contributed by atoms with E-state index < -0.39 is 16.2 Å². The molecule has 0 fully saturated rings. The lowest BCUT2D eigenvalue weighted by Crippen LogP contribution is -2.50. The van der Waals surface area contributed by atoms with Gasteiger partial charge in [0.25, 0.3) is 0 Å². The maximum atomic E-state index is 12.0. The predicted octanol–water partition coefficient (Wildman–Crippen LogP) is 1.50. The smallest absolute Gasteiger partial charge is 0.290 e. The Balaban J connectivity index is 2.33. The number of carbonyl (C=O) groups excluding carboxylic acids is 1. The maximum Gasteiger partial charge on any atom is 0.350 e. The largest absolute Gasteiger partial charge is 0.350 e. The van der Waals surface area contributed by atoms with Crippen LogP contribution in [-0.2, 0) is 10.2 Å². The molecule has 19 heavy (non-hydrogen) atoms. The predicted molar refractivity (Wildman–Crippen MR) is 72.0 cm³/mol. The van der Waals surface area contributed by atoms with Crippen LogP contribution in [0.15, 0.2) is 34.7 Å². The van der Waals surface area contributed by atoms with E-state index in [2.05, 4.69) is 9.71 Å². The third kappa shape index (κ3) is 2.93. The molecule has 0 bridgehead atoms. The van der Waals surface area contributed by atoms with Crippen molar-refractivity contribution in [1.82, 2.24) is 9.62 Å². The van der Waals surface area contributed by atoms with Gasteiger partial charge in [0.05, 0.1) is 0 Å². The fourth-order valence-corrected chi connectivity index (χ4v) is 2.79. The normalized spacial score (nSPS) is 17.8. The van der Waals surface area contributed by atoms with Crippen molar-refractivity contribution in [3.05, 3.63) is 35.9 Å². The second-order valence-electron chi connectivity index (χ2n) is 4.14. The van der Waals surface area contributed by atoms with Gasteiger partial charge in [0.15, 0.2) is 5.84 Å². The van der Waals surface area contributed by atoms with E-state index >= 15 is 0 Å². The van der Waals surface area contributed by atoms with E-state index in [0.29, 0.717) is 12.0 Å². The summed E-state index contributed by atoms with van der Waals surface area (Å²) in [5, 5.41) is 2.51. The molecule has 1 heterocycles. The van der Waals surface area contributed by atoms with Crippen LogP contribution in [0, 0.1) is 0 Å². The van der Waals surface area contributed by atoms with E-state index in [1.54, 1.807) is 30.3 Å². The Labute approximate surface area is 112 Å². The molecule has 0 aliphatic carbocycles. The maximum absolute atomic E-state index is 12.0. The van der Waals surface area contributed by atoms with Gasteiger partial charge < -0.3 is 0 Å². The molecule has 0 saturated heterocycles. The monoisotopic (exact) mass is 281 g/mol. The molecule has 0 radical (unpaired) electrons. The first-order valence-electron chi connectivity index (χ1n) is 6.03. The third-order valence-electron chi connectivity index (χ3n) is 2.70. The van der Waals surface area contributed by atoms with Crippen LogP contribution >= 0.6 is 0 Å². The van der Waals surface area contributed by atoms with Crippen LogP contribution < -0.4 is 5.32 Å². The number of amides is 2. The van der Waals surface area contributed by atoms with E-state index in [-0.39, 0.29) is 12.4 Å². The molecule has 1 aliphatic rings. The average Bonchev–Trinajstić information content (AvgIpc) is 2.38. The van der Waals surface area contributed by atoms with Gasteiger partial charge in [-0.15, -0.1) is 4.40 Å². The molecule has 0 atom stereocenters. The Hall–Kier alpha value is -1.89. The fraction of sp³-hybridized carbons (Fsp3) is 0.333. The minimum absolute atomic E-state index is 0.0679. The summed E-state index contributed by atoms with van der Waals surface area (Å²) < 4.78 is 28.3. The van der Waals surface area contributed by atoms with Crippen molar-refractivity contribution in [2.45, 2.75) is 19.8 Å². The summed E-state index contributed by atoms with van der Waals surface area (Å²) in [6, 6.07) is 8.03. The number of urea groups is 1. The number of rotatable bonds is 4. The third-order valence-corrected chi connectivity index (χ3v) is 4.02. The summed E-state index contributed by atoms with van der Waals surface area (Å²) in [6.07, 6.45) is 1.41. The number of amidine groups is 1. The van der Waals surface area contributed by atoms with Gasteiger partial charge in [0.2, 0.25) is 0 Å². The van der Waals surface area contributed by atoms with Crippen LogP contribution in [0.4, 0.5) is 4.79 Å². The number of nitrogens with zero attached hydrogens (tertiary/aromatic N) is 2. The van der Waals surface area contributed by atoms with Gasteiger partial charge in [-0.05, 0) is 6.42 Å². The van der Waals surface area contributed by atoms with Crippen molar-refractivity contribution < 1.29 is 13.2 Å². The lowest BCUT2D eigenvalue weighted by molar-refractivity contribution is 0.226. The van der Waals surface area contributed by atoms with Gasteiger partial charge in [-0.25, -0.2) is 9.10 Å². The zero-order valence-electron chi connectivity index (χ0n) is 10.5. The number of hydrogen-bond donors (Lipinski definition) is 1. The lowest BCUT2D eigenvalue weighted by Gasteiger charge is -2.25. The molecule has 1 aromatic carbocycles. The molecular formula is C12H15N3O3S. The molecule has 1 aliphatic heterocycles. The summed E-state index contributed by atoms with van der Waals surface area (Å²) in [7, 11) is -3.93. The van der Waals surface area contributed by atoms with E-state index in [0.717, 1.165) is 10.7 Å². The second-order valence-corrected chi connectivity index (χ2v) is 5.66. The Kier molecular flexibility index (Phi) is 3.84. The Morgan fingerprint density at radius 1 is 1.26 bits per heavy atom. The van der Waals surface area contributed by atoms with Crippen LogP contribution in [0.3, 0.4) is 0 Å². The van der Waals surface area contributed by atoms with Crippen molar-refractivity contribution in [1.29, 1.82) is 0 Å². The first kappa shape index (κ1) is 13.5. The molecule has 1 aromatic rings. The lowest BCUT2D eigenvalue weighted by atomic mass is 10.2. The first-order valence-corrected chi connectivity index (χ1v) is 7.43.